The first-order valence-electron chi connectivity index (χ1n) is 5.37. The number of ether oxygens (including phenoxy) is 2. The highest BCUT2D eigenvalue weighted by Crippen LogP contribution is 2.47. The van der Waals surface area contributed by atoms with Crippen molar-refractivity contribution in [2.24, 2.45) is 0 Å². The molecule has 0 unspecified atom stereocenters. The molecule has 0 N–H and O–H groups in total. The van der Waals surface area contributed by atoms with Crippen LogP contribution in [0.2, 0.25) is 0 Å². The van der Waals surface area contributed by atoms with Crippen LogP contribution in [0, 0.1) is 0 Å². The Morgan fingerprint density at radius 3 is 2.44 bits per heavy atom. The molecule has 0 bridgehead atoms. The molecule has 1 aromatic carbocycles. The van der Waals surface area contributed by atoms with Crippen molar-refractivity contribution in [3.8, 4) is 11.5 Å². The summed E-state index contributed by atoms with van der Waals surface area (Å²) in [6.45, 7) is 0. The van der Waals surface area contributed by atoms with Crippen molar-refractivity contribution >= 4 is 6.29 Å². The quantitative estimate of drug-likeness (QED) is 0.779. The lowest BCUT2D eigenvalue weighted by Gasteiger charge is -2.14. The first-order chi connectivity index (χ1) is 8.44. The number of carbonyl (C=O) groups excluding carboxylic acids is 1. The van der Waals surface area contributed by atoms with E-state index in [0.29, 0.717) is 11.8 Å². The van der Waals surface area contributed by atoms with E-state index >= 15 is 0 Å². The number of alkyl halides is 3. The summed E-state index contributed by atoms with van der Waals surface area (Å²) in [6.07, 6.45) is -2.43. The van der Waals surface area contributed by atoms with Crippen LogP contribution in [0.5, 0.6) is 11.5 Å². The SMILES string of the molecule is COc1cc(OC(F)(F)F)cc(C=O)c1C1CC1. The van der Waals surface area contributed by atoms with E-state index in [9.17, 15) is 18.0 Å². The number of benzene rings is 1. The van der Waals surface area contributed by atoms with Crippen LogP contribution in [0.25, 0.3) is 0 Å². The van der Waals surface area contributed by atoms with Crippen molar-refractivity contribution in [2.75, 3.05) is 7.11 Å². The van der Waals surface area contributed by atoms with E-state index in [1.165, 1.54) is 7.11 Å². The lowest BCUT2D eigenvalue weighted by atomic mass is 10.0. The Morgan fingerprint density at radius 2 is 2.00 bits per heavy atom. The summed E-state index contributed by atoms with van der Waals surface area (Å²) in [4.78, 5) is 11.0. The molecule has 0 heterocycles. The van der Waals surface area contributed by atoms with Gasteiger partial charge in [0.25, 0.3) is 0 Å². The van der Waals surface area contributed by atoms with Gasteiger partial charge in [0.05, 0.1) is 7.11 Å². The van der Waals surface area contributed by atoms with Gasteiger partial charge in [0.15, 0.2) is 6.29 Å². The first kappa shape index (κ1) is 12.7. The maximum absolute atomic E-state index is 12.1. The molecule has 18 heavy (non-hydrogen) atoms. The fraction of sp³-hybridized carbons (Fsp3) is 0.417. The first-order valence-corrected chi connectivity index (χ1v) is 5.37. The molecule has 0 aromatic heterocycles. The van der Waals surface area contributed by atoms with E-state index in [0.717, 1.165) is 25.0 Å². The molecule has 0 amide bonds. The lowest BCUT2D eigenvalue weighted by molar-refractivity contribution is -0.274. The maximum atomic E-state index is 12.1. The van der Waals surface area contributed by atoms with Gasteiger partial charge in [-0.05, 0) is 24.8 Å². The monoisotopic (exact) mass is 260 g/mol. The van der Waals surface area contributed by atoms with Gasteiger partial charge in [-0.2, -0.15) is 0 Å². The van der Waals surface area contributed by atoms with Gasteiger partial charge in [0, 0.05) is 17.2 Å². The molecule has 1 aliphatic carbocycles. The summed E-state index contributed by atoms with van der Waals surface area (Å²) < 4.78 is 45.2. The fourth-order valence-electron chi connectivity index (χ4n) is 1.89. The molecule has 0 aliphatic heterocycles. The zero-order valence-electron chi connectivity index (χ0n) is 9.58. The second-order valence-corrected chi connectivity index (χ2v) is 4.07. The van der Waals surface area contributed by atoms with Gasteiger partial charge in [-0.15, -0.1) is 13.2 Å². The Balaban J connectivity index is 2.42. The minimum absolute atomic E-state index is 0.191. The molecular weight excluding hydrogens is 249 g/mol. The Hall–Kier alpha value is -1.72. The molecule has 2 rings (SSSR count). The topological polar surface area (TPSA) is 35.5 Å². The lowest BCUT2D eigenvalue weighted by Crippen LogP contribution is -2.17. The molecular formula is C12H11F3O3. The van der Waals surface area contributed by atoms with Crippen molar-refractivity contribution in [1.82, 2.24) is 0 Å². The molecule has 0 saturated heterocycles. The normalized spacial score (nSPS) is 15.3. The largest absolute Gasteiger partial charge is 0.573 e. The van der Waals surface area contributed by atoms with Crippen molar-refractivity contribution in [3.05, 3.63) is 23.3 Å². The molecule has 1 aromatic rings. The molecule has 3 nitrogen and oxygen atoms in total. The van der Waals surface area contributed by atoms with Gasteiger partial charge in [0.1, 0.15) is 11.5 Å². The van der Waals surface area contributed by atoms with Gasteiger partial charge in [-0.3, -0.25) is 4.79 Å². The highest BCUT2D eigenvalue weighted by Gasteiger charge is 2.34. The Morgan fingerprint density at radius 1 is 1.33 bits per heavy atom. The number of aldehydes is 1. The van der Waals surface area contributed by atoms with E-state index < -0.39 is 12.1 Å². The molecule has 6 heteroatoms. The average molecular weight is 260 g/mol. The Kier molecular flexibility index (Phi) is 3.19. The minimum Gasteiger partial charge on any atom is -0.496 e. The van der Waals surface area contributed by atoms with Crippen LogP contribution < -0.4 is 9.47 Å². The summed E-state index contributed by atoms with van der Waals surface area (Å²) in [6, 6.07) is 2.25. The van der Waals surface area contributed by atoms with Crippen LogP contribution in [-0.4, -0.2) is 19.8 Å². The van der Waals surface area contributed by atoms with E-state index in [-0.39, 0.29) is 17.2 Å². The van der Waals surface area contributed by atoms with Gasteiger partial charge in [-0.1, -0.05) is 0 Å². The Labute approximate surface area is 102 Å². The summed E-state index contributed by atoms with van der Waals surface area (Å²) >= 11 is 0. The third-order valence-corrected chi connectivity index (χ3v) is 2.71. The van der Waals surface area contributed by atoms with Crippen LogP contribution in [0.15, 0.2) is 12.1 Å². The second kappa shape index (κ2) is 4.51. The number of hydrogen-bond acceptors (Lipinski definition) is 3. The van der Waals surface area contributed by atoms with Crippen molar-refractivity contribution < 1.29 is 27.4 Å². The van der Waals surface area contributed by atoms with Crippen molar-refractivity contribution in [3.63, 3.8) is 0 Å². The predicted molar refractivity (Wildman–Crippen MR) is 57.0 cm³/mol. The summed E-state index contributed by atoms with van der Waals surface area (Å²) in [5, 5.41) is 0. The molecule has 1 fully saturated rings. The molecule has 0 atom stereocenters. The predicted octanol–water partition coefficient (Wildman–Crippen LogP) is 3.28. The molecule has 1 saturated carbocycles. The van der Waals surface area contributed by atoms with Crippen LogP contribution in [0.3, 0.4) is 0 Å². The van der Waals surface area contributed by atoms with E-state index in [2.05, 4.69) is 4.74 Å². The van der Waals surface area contributed by atoms with Gasteiger partial charge in [0.2, 0.25) is 0 Å². The number of rotatable bonds is 4. The number of halogens is 3. The summed E-state index contributed by atoms with van der Waals surface area (Å²) in [5.41, 5.74) is 0.859. The second-order valence-electron chi connectivity index (χ2n) is 4.07. The highest BCUT2D eigenvalue weighted by molar-refractivity contribution is 5.80. The minimum atomic E-state index is -4.79. The highest BCUT2D eigenvalue weighted by atomic mass is 19.4. The van der Waals surface area contributed by atoms with Crippen LogP contribution in [0.4, 0.5) is 13.2 Å². The van der Waals surface area contributed by atoms with Gasteiger partial charge >= 0.3 is 6.36 Å². The van der Waals surface area contributed by atoms with Crippen LogP contribution >= 0.6 is 0 Å². The maximum Gasteiger partial charge on any atom is 0.573 e. The third kappa shape index (κ3) is 2.75. The van der Waals surface area contributed by atoms with Gasteiger partial charge < -0.3 is 9.47 Å². The van der Waals surface area contributed by atoms with E-state index in [1.54, 1.807) is 0 Å². The van der Waals surface area contributed by atoms with E-state index in [1.807, 2.05) is 0 Å². The van der Waals surface area contributed by atoms with Gasteiger partial charge in [-0.25, -0.2) is 0 Å². The molecule has 98 valence electrons. The molecule has 1 aliphatic rings. The fourth-order valence-corrected chi connectivity index (χ4v) is 1.89. The standard InChI is InChI=1S/C12H11F3O3/c1-17-10-5-9(18-12(13,14)15)4-8(6-16)11(10)7-2-3-7/h4-7H,2-3H2,1H3. The Bertz CT molecular complexity index is 464. The van der Waals surface area contributed by atoms with E-state index in [4.69, 9.17) is 4.74 Å². The number of methoxy groups -OCH3 is 1. The molecule has 0 spiro atoms. The van der Waals surface area contributed by atoms with Crippen molar-refractivity contribution in [1.29, 1.82) is 0 Å². The number of carbonyl (C=O) groups is 1. The smallest absolute Gasteiger partial charge is 0.496 e. The zero-order valence-corrected chi connectivity index (χ0v) is 9.58. The summed E-state index contributed by atoms with van der Waals surface area (Å²) in [7, 11) is 1.35. The average Bonchev–Trinajstić information content (AvgIpc) is 3.09. The van der Waals surface area contributed by atoms with Crippen LogP contribution in [0.1, 0.15) is 34.7 Å². The number of hydrogen-bond donors (Lipinski definition) is 0. The third-order valence-electron chi connectivity index (χ3n) is 2.71. The zero-order chi connectivity index (χ0) is 13.3. The van der Waals surface area contributed by atoms with Crippen LogP contribution in [-0.2, 0) is 0 Å². The van der Waals surface area contributed by atoms with Crippen molar-refractivity contribution in [2.45, 2.75) is 25.1 Å². The summed E-state index contributed by atoms with van der Waals surface area (Å²) in [5.74, 6) is 0.0206. The molecule has 0 radical (unpaired) electrons.